The summed E-state index contributed by atoms with van der Waals surface area (Å²) in [4.78, 5) is 9.02. The first-order chi connectivity index (χ1) is 12.5. The number of aromatic nitrogens is 2. The van der Waals surface area contributed by atoms with E-state index < -0.39 is 11.0 Å². The Morgan fingerprint density at radius 2 is 2.27 bits per heavy atom. The van der Waals surface area contributed by atoms with Gasteiger partial charge in [0.15, 0.2) is 5.13 Å². The highest BCUT2D eigenvalue weighted by atomic mass is 32.2. The second kappa shape index (κ2) is 8.88. The molecule has 2 aromatic rings. The average Bonchev–Trinajstić information content (AvgIpc) is 3.10. The summed E-state index contributed by atoms with van der Waals surface area (Å²) in [5, 5.41) is 6.60. The van der Waals surface area contributed by atoms with Gasteiger partial charge in [-0.3, -0.25) is 4.98 Å². The number of nitrogens with zero attached hydrogens (tertiary/aromatic N) is 2. The summed E-state index contributed by atoms with van der Waals surface area (Å²) < 4.78 is 15.1. The molecule has 26 heavy (non-hydrogen) atoms. The van der Waals surface area contributed by atoms with Crippen LogP contribution >= 0.6 is 11.3 Å². The minimum Gasteiger partial charge on any atom is -0.358 e. The first-order valence-corrected chi connectivity index (χ1v) is 11.1. The van der Waals surface area contributed by atoms with E-state index in [-0.39, 0.29) is 5.25 Å². The highest BCUT2D eigenvalue weighted by Crippen LogP contribution is 2.27. The lowest BCUT2D eigenvalue weighted by molar-refractivity contribution is 0.540. The maximum absolute atomic E-state index is 11.9. The molecule has 2 N–H and O–H groups in total. The average molecular weight is 391 g/mol. The first-order valence-electron chi connectivity index (χ1n) is 8.99. The number of nitrogens with one attached hydrogen (secondary N) is 2. The van der Waals surface area contributed by atoms with E-state index in [1.165, 1.54) is 5.57 Å². The van der Waals surface area contributed by atoms with E-state index in [0.717, 1.165) is 47.9 Å². The van der Waals surface area contributed by atoms with Crippen LogP contribution in [0.4, 0.5) is 5.13 Å². The van der Waals surface area contributed by atoms with Crippen LogP contribution in [0.15, 0.2) is 35.4 Å². The largest absolute Gasteiger partial charge is 0.358 e. The van der Waals surface area contributed by atoms with Gasteiger partial charge in [-0.15, -0.1) is 11.3 Å². The Hall–Kier alpha value is -1.57. The molecule has 0 aliphatic heterocycles. The van der Waals surface area contributed by atoms with Gasteiger partial charge >= 0.3 is 0 Å². The van der Waals surface area contributed by atoms with Crippen LogP contribution in [0.3, 0.4) is 0 Å². The lowest BCUT2D eigenvalue weighted by atomic mass is 9.96. The van der Waals surface area contributed by atoms with Crippen molar-refractivity contribution in [2.24, 2.45) is 0 Å². The second-order valence-corrected chi connectivity index (χ2v) is 9.46. The molecule has 5 nitrogen and oxygen atoms in total. The molecule has 0 aromatic carbocycles. The molecule has 0 saturated carbocycles. The van der Waals surface area contributed by atoms with Gasteiger partial charge in [0, 0.05) is 40.7 Å². The van der Waals surface area contributed by atoms with Crippen molar-refractivity contribution in [3.8, 4) is 11.3 Å². The van der Waals surface area contributed by atoms with E-state index in [0.29, 0.717) is 6.04 Å². The minimum absolute atomic E-state index is 0.157. The lowest BCUT2D eigenvalue weighted by Crippen LogP contribution is -2.35. The van der Waals surface area contributed by atoms with Crippen molar-refractivity contribution in [3.05, 3.63) is 41.1 Å². The number of thiazole rings is 1. The number of hydrogen-bond acceptors (Lipinski definition) is 5. The third kappa shape index (κ3) is 4.99. The molecule has 7 heteroatoms. The van der Waals surface area contributed by atoms with E-state index in [9.17, 15) is 4.21 Å². The van der Waals surface area contributed by atoms with Crippen LogP contribution in [0, 0.1) is 6.92 Å². The van der Waals surface area contributed by atoms with Gasteiger partial charge < -0.3 is 5.32 Å². The standard InChI is InChI=1S/C19H26N4OS2/c1-13(2)26(24)23-16-8-6-15(7-9-16)11-21-19-22-18(12-25-19)17-5-4-10-20-14(17)3/h4-6,10,12-13,16,23H,7-9,11H2,1-3H3,(H,21,22)/t16-,26?/m0/s1. The predicted molar refractivity (Wildman–Crippen MR) is 111 cm³/mol. The summed E-state index contributed by atoms with van der Waals surface area (Å²) >= 11 is 1.62. The van der Waals surface area contributed by atoms with Gasteiger partial charge in [-0.2, -0.15) is 0 Å². The molecule has 1 unspecified atom stereocenters. The van der Waals surface area contributed by atoms with E-state index in [1.54, 1.807) is 17.5 Å². The van der Waals surface area contributed by atoms with Gasteiger partial charge in [0.25, 0.3) is 0 Å². The topological polar surface area (TPSA) is 66.9 Å². The molecular weight excluding hydrogens is 364 g/mol. The monoisotopic (exact) mass is 390 g/mol. The molecule has 0 saturated heterocycles. The van der Waals surface area contributed by atoms with Crippen LogP contribution in [0.1, 0.15) is 38.8 Å². The molecule has 0 bridgehead atoms. The van der Waals surface area contributed by atoms with E-state index in [4.69, 9.17) is 0 Å². The Bertz CT molecular complexity index is 800. The van der Waals surface area contributed by atoms with Crippen molar-refractivity contribution >= 4 is 27.5 Å². The fraction of sp³-hybridized carbons (Fsp3) is 0.474. The molecule has 2 atom stereocenters. The normalized spacial score (nSPS) is 18.6. The lowest BCUT2D eigenvalue weighted by Gasteiger charge is -2.23. The maximum Gasteiger partial charge on any atom is 0.183 e. The fourth-order valence-electron chi connectivity index (χ4n) is 2.88. The number of hydrogen-bond donors (Lipinski definition) is 2. The highest BCUT2D eigenvalue weighted by molar-refractivity contribution is 7.83. The Kier molecular flexibility index (Phi) is 6.56. The van der Waals surface area contributed by atoms with Crippen LogP contribution in [0.5, 0.6) is 0 Å². The van der Waals surface area contributed by atoms with Crippen LogP contribution in [0.2, 0.25) is 0 Å². The molecule has 0 amide bonds. The van der Waals surface area contributed by atoms with Gasteiger partial charge in [0.2, 0.25) is 0 Å². The van der Waals surface area contributed by atoms with Crippen molar-refractivity contribution in [1.29, 1.82) is 0 Å². The summed E-state index contributed by atoms with van der Waals surface area (Å²) in [5.74, 6) is 0. The van der Waals surface area contributed by atoms with Crippen molar-refractivity contribution in [3.63, 3.8) is 0 Å². The molecule has 1 aliphatic carbocycles. The van der Waals surface area contributed by atoms with Crippen molar-refractivity contribution in [2.75, 3.05) is 11.9 Å². The Balaban J connectivity index is 1.52. The van der Waals surface area contributed by atoms with Crippen LogP contribution in [-0.2, 0) is 11.0 Å². The number of rotatable bonds is 7. The zero-order chi connectivity index (χ0) is 18.5. The summed E-state index contributed by atoms with van der Waals surface area (Å²) in [7, 11) is -0.940. The quantitative estimate of drug-likeness (QED) is 0.700. The molecule has 2 heterocycles. The van der Waals surface area contributed by atoms with Gasteiger partial charge in [0.05, 0.1) is 16.7 Å². The molecule has 140 valence electrons. The molecule has 0 fully saturated rings. The maximum atomic E-state index is 11.9. The van der Waals surface area contributed by atoms with Crippen LogP contribution in [-0.4, -0.2) is 32.0 Å². The third-order valence-corrected chi connectivity index (χ3v) is 6.69. The van der Waals surface area contributed by atoms with Gasteiger partial charge in [-0.1, -0.05) is 11.6 Å². The Morgan fingerprint density at radius 3 is 2.96 bits per heavy atom. The van der Waals surface area contributed by atoms with E-state index in [1.807, 2.05) is 26.8 Å². The first kappa shape index (κ1) is 19.2. The molecule has 1 aliphatic rings. The summed E-state index contributed by atoms with van der Waals surface area (Å²) in [6.07, 6.45) is 7.07. The summed E-state index contributed by atoms with van der Waals surface area (Å²) in [5.41, 5.74) is 4.45. The highest BCUT2D eigenvalue weighted by Gasteiger charge is 2.17. The SMILES string of the molecule is Cc1ncccc1-c1csc(NCC2=CC[C@H](NS(=O)C(C)C)CC2)n1. The van der Waals surface area contributed by atoms with Crippen LogP contribution in [0.25, 0.3) is 11.3 Å². The number of pyridine rings is 1. The summed E-state index contributed by atoms with van der Waals surface area (Å²) in [6.45, 7) is 6.78. The fourth-order valence-corrected chi connectivity index (χ4v) is 4.40. The van der Waals surface area contributed by atoms with Gasteiger partial charge in [-0.05, 0) is 52.2 Å². The molecule has 0 radical (unpaired) electrons. The molecular formula is C19H26N4OS2. The van der Waals surface area contributed by atoms with Crippen molar-refractivity contribution < 1.29 is 4.21 Å². The van der Waals surface area contributed by atoms with Gasteiger partial charge in [0.1, 0.15) is 0 Å². The van der Waals surface area contributed by atoms with E-state index in [2.05, 4.69) is 37.5 Å². The minimum atomic E-state index is -0.940. The number of aryl methyl sites for hydroxylation is 1. The van der Waals surface area contributed by atoms with E-state index >= 15 is 0 Å². The van der Waals surface area contributed by atoms with Crippen molar-refractivity contribution in [2.45, 2.75) is 51.3 Å². The molecule has 3 rings (SSSR count). The smallest absolute Gasteiger partial charge is 0.183 e. The Labute approximate surface area is 161 Å². The van der Waals surface area contributed by atoms with Crippen molar-refractivity contribution in [1.82, 2.24) is 14.7 Å². The van der Waals surface area contributed by atoms with Crippen LogP contribution < -0.4 is 10.0 Å². The third-order valence-electron chi connectivity index (χ3n) is 4.47. The Morgan fingerprint density at radius 1 is 1.42 bits per heavy atom. The predicted octanol–water partition coefficient (Wildman–Crippen LogP) is 4.07. The number of anilines is 1. The summed E-state index contributed by atoms with van der Waals surface area (Å²) in [6, 6.07) is 4.32. The zero-order valence-corrected chi connectivity index (χ0v) is 17.1. The molecule has 2 aromatic heterocycles. The second-order valence-electron chi connectivity index (χ2n) is 6.83. The zero-order valence-electron chi connectivity index (χ0n) is 15.5. The molecule has 0 spiro atoms. The van der Waals surface area contributed by atoms with Gasteiger partial charge in [-0.25, -0.2) is 13.9 Å².